The lowest BCUT2D eigenvalue weighted by molar-refractivity contribution is 0.0459. The summed E-state index contributed by atoms with van der Waals surface area (Å²) >= 11 is 3.56. The monoisotopic (exact) mass is 341 g/mol. The summed E-state index contributed by atoms with van der Waals surface area (Å²) in [7, 11) is 0. The maximum Gasteiger partial charge on any atom is 0.170 e. The van der Waals surface area contributed by atoms with E-state index in [1.54, 1.807) is 0 Å². The topological polar surface area (TPSA) is 71.1 Å². The van der Waals surface area contributed by atoms with Crippen LogP contribution in [0.4, 0.5) is 5.69 Å². The highest BCUT2D eigenvalue weighted by molar-refractivity contribution is 9.10. The fourth-order valence-corrected chi connectivity index (χ4v) is 3.11. The van der Waals surface area contributed by atoms with Gasteiger partial charge in [-0.1, -0.05) is 5.16 Å². The van der Waals surface area contributed by atoms with Crippen LogP contribution in [0.5, 0.6) is 0 Å². The lowest BCUT2D eigenvalue weighted by Gasteiger charge is -2.34. The van der Waals surface area contributed by atoms with Gasteiger partial charge in [0.15, 0.2) is 5.84 Å². The zero-order valence-corrected chi connectivity index (χ0v) is 13.1. The minimum atomic E-state index is 0.118. The van der Waals surface area contributed by atoms with E-state index in [9.17, 15) is 0 Å². The average molecular weight is 342 g/mol. The normalized spacial score (nSPS) is 17.5. The van der Waals surface area contributed by atoms with Crippen LogP contribution in [0.15, 0.2) is 27.8 Å². The van der Waals surface area contributed by atoms with Crippen LogP contribution in [-0.2, 0) is 4.74 Å². The fraction of sp³-hybridized carbons (Fsp3) is 0.500. The van der Waals surface area contributed by atoms with Crippen LogP contribution in [0.2, 0.25) is 0 Å². The van der Waals surface area contributed by atoms with E-state index in [1.165, 1.54) is 0 Å². The number of hydrogen-bond acceptors (Lipinski definition) is 4. The molecule has 0 aliphatic carbocycles. The Hall–Kier alpha value is -1.27. The summed E-state index contributed by atoms with van der Waals surface area (Å²) in [4.78, 5) is 2.33. The third-order valence-corrected chi connectivity index (χ3v) is 4.17. The maximum atomic E-state index is 8.70. The van der Waals surface area contributed by atoms with Crippen molar-refractivity contribution >= 4 is 27.5 Å². The number of nitrogens with two attached hydrogens (primary N) is 1. The molecule has 0 bridgehead atoms. The molecule has 110 valence electrons. The smallest absolute Gasteiger partial charge is 0.170 e. The van der Waals surface area contributed by atoms with Gasteiger partial charge in [-0.15, -0.1) is 0 Å². The van der Waals surface area contributed by atoms with Gasteiger partial charge in [-0.3, -0.25) is 0 Å². The quantitative estimate of drug-likeness (QED) is 0.382. The molecule has 1 fully saturated rings. The second kappa shape index (κ2) is 6.95. The zero-order valence-electron chi connectivity index (χ0n) is 11.6. The standard InChI is InChI=1S/C14H20BrN3O2/c1-2-20-11-5-7-18(8-6-11)13-4-3-10(9-12(13)15)14(16)17-19/h3-4,9,11,19H,2,5-8H2,1H3,(H2,16,17). The van der Waals surface area contributed by atoms with Crippen molar-refractivity contribution in [3.63, 3.8) is 0 Å². The Morgan fingerprint density at radius 3 is 2.75 bits per heavy atom. The first kappa shape index (κ1) is 15.1. The Labute approximate surface area is 127 Å². The van der Waals surface area contributed by atoms with Gasteiger partial charge in [0.25, 0.3) is 0 Å². The Morgan fingerprint density at radius 2 is 2.20 bits per heavy atom. The van der Waals surface area contributed by atoms with E-state index in [4.69, 9.17) is 15.7 Å². The molecule has 20 heavy (non-hydrogen) atoms. The molecule has 1 aliphatic rings. The van der Waals surface area contributed by atoms with Gasteiger partial charge in [-0.05, 0) is 53.9 Å². The van der Waals surface area contributed by atoms with E-state index in [-0.39, 0.29) is 5.84 Å². The van der Waals surface area contributed by atoms with Crippen LogP contribution in [0.25, 0.3) is 0 Å². The number of rotatable bonds is 4. The van der Waals surface area contributed by atoms with Crippen molar-refractivity contribution in [2.24, 2.45) is 10.9 Å². The Bertz CT molecular complexity index is 485. The van der Waals surface area contributed by atoms with E-state index < -0.39 is 0 Å². The van der Waals surface area contributed by atoms with Crippen molar-refractivity contribution in [2.45, 2.75) is 25.9 Å². The second-order valence-electron chi connectivity index (χ2n) is 4.79. The molecule has 0 aromatic heterocycles. The summed E-state index contributed by atoms with van der Waals surface area (Å²) in [6.07, 6.45) is 2.47. The van der Waals surface area contributed by atoms with E-state index in [0.29, 0.717) is 11.7 Å². The number of amidine groups is 1. The highest BCUT2D eigenvalue weighted by Crippen LogP contribution is 2.30. The molecule has 1 aromatic rings. The summed E-state index contributed by atoms with van der Waals surface area (Å²) in [5.41, 5.74) is 7.43. The summed E-state index contributed by atoms with van der Waals surface area (Å²) in [6.45, 7) is 4.77. The van der Waals surface area contributed by atoms with Gasteiger partial charge in [-0.25, -0.2) is 0 Å². The largest absolute Gasteiger partial charge is 0.409 e. The fourth-order valence-electron chi connectivity index (χ4n) is 2.48. The molecule has 1 saturated heterocycles. The minimum absolute atomic E-state index is 0.118. The predicted molar refractivity (Wildman–Crippen MR) is 83.5 cm³/mol. The number of anilines is 1. The summed E-state index contributed by atoms with van der Waals surface area (Å²) in [5, 5.41) is 11.7. The van der Waals surface area contributed by atoms with Gasteiger partial charge in [0.05, 0.1) is 11.8 Å². The first-order valence-corrected chi connectivity index (χ1v) is 7.59. The lowest BCUT2D eigenvalue weighted by Crippen LogP contribution is -2.37. The van der Waals surface area contributed by atoms with Gasteiger partial charge < -0.3 is 20.6 Å². The molecule has 0 saturated carbocycles. The van der Waals surface area contributed by atoms with Crippen molar-refractivity contribution in [3.05, 3.63) is 28.2 Å². The molecule has 1 aromatic carbocycles. The van der Waals surface area contributed by atoms with Crippen LogP contribution in [0.1, 0.15) is 25.3 Å². The molecule has 0 atom stereocenters. The first-order valence-electron chi connectivity index (χ1n) is 6.79. The maximum absolute atomic E-state index is 8.70. The molecule has 6 heteroatoms. The summed E-state index contributed by atoms with van der Waals surface area (Å²) in [5.74, 6) is 0.118. The van der Waals surface area contributed by atoms with Gasteiger partial charge in [0.1, 0.15) is 0 Å². The van der Waals surface area contributed by atoms with Crippen LogP contribution in [-0.4, -0.2) is 36.8 Å². The van der Waals surface area contributed by atoms with E-state index in [1.807, 2.05) is 25.1 Å². The van der Waals surface area contributed by atoms with Gasteiger partial charge >= 0.3 is 0 Å². The number of nitrogens with zero attached hydrogens (tertiary/aromatic N) is 2. The molecular formula is C14H20BrN3O2. The van der Waals surface area contributed by atoms with Crippen LogP contribution in [0.3, 0.4) is 0 Å². The highest BCUT2D eigenvalue weighted by atomic mass is 79.9. The number of hydrogen-bond donors (Lipinski definition) is 2. The van der Waals surface area contributed by atoms with Crippen molar-refractivity contribution in [2.75, 3.05) is 24.6 Å². The van der Waals surface area contributed by atoms with E-state index in [2.05, 4.69) is 26.0 Å². The number of halogens is 1. The third kappa shape index (κ3) is 3.43. The molecule has 0 unspecified atom stereocenters. The number of benzene rings is 1. The highest BCUT2D eigenvalue weighted by Gasteiger charge is 2.21. The molecule has 0 spiro atoms. The Balaban J connectivity index is 2.07. The van der Waals surface area contributed by atoms with Crippen molar-refractivity contribution in [1.29, 1.82) is 0 Å². The van der Waals surface area contributed by atoms with E-state index >= 15 is 0 Å². The first-order chi connectivity index (χ1) is 9.65. The second-order valence-corrected chi connectivity index (χ2v) is 5.65. The Kier molecular flexibility index (Phi) is 5.25. The third-order valence-electron chi connectivity index (χ3n) is 3.54. The summed E-state index contributed by atoms with van der Waals surface area (Å²) in [6, 6.07) is 5.74. The zero-order chi connectivity index (χ0) is 14.5. The van der Waals surface area contributed by atoms with Gasteiger partial charge in [0, 0.05) is 29.7 Å². The Morgan fingerprint density at radius 1 is 1.50 bits per heavy atom. The van der Waals surface area contributed by atoms with Gasteiger partial charge in [0.2, 0.25) is 0 Å². The molecule has 1 aliphatic heterocycles. The number of ether oxygens (including phenoxy) is 1. The number of oxime groups is 1. The molecular weight excluding hydrogens is 322 g/mol. The van der Waals surface area contributed by atoms with Crippen molar-refractivity contribution in [3.8, 4) is 0 Å². The SMILES string of the molecule is CCOC1CCN(c2ccc(/C(N)=N/O)cc2Br)CC1. The number of piperidine rings is 1. The summed E-state index contributed by atoms with van der Waals surface area (Å²) < 4.78 is 6.62. The van der Waals surface area contributed by atoms with Crippen LogP contribution < -0.4 is 10.6 Å². The van der Waals surface area contributed by atoms with Crippen LogP contribution >= 0.6 is 15.9 Å². The molecule has 3 N–H and O–H groups in total. The predicted octanol–water partition coefficient (Wildman–Crippen LogP) is 2.55. The minimum Gasteiger partial charge on any atom is -0.409 e. The van der Waals surface area contributed by atoms with Crippen molar-refractivity contribution < 1.29 is 9.94 Å². The van der Waals surface area contributed by atoms with Crippen LogP contribution in [0, 0.1) is 0 Å². The molecule has 5 nitrogen and oxygen atoms in total. The average Bonchev–Trinajstić information content (AvgIpc) is 2.47. The molecule has 2 rings (SSSR count). The molecule has 1 heterocycles. The van der Waals surface area contributed by atoms with E-state index in [0.717, 1.165) is 42.7 Å². The van der Waals surface area contributed by atoms with Crippen molar-refractivity contribution in [1.82, 2.24) is 0 Å². The lowest BCUT2D eigenvalue weighted by atomic mass is 10.1. The molecule has 0 amide bonds. The van der Waals surface area contributed by atoms with Gasteiger partial charge in [-0.2, -0.15) is 0 Å². The molecule has 0 radical (unpaired) electrons.